The molecule has 3 aromatic heterocycles. The fourth-order valence-electron chi connectivity index (χ4n) is 11.0. The summed E-state index contributed by atoms with van der Waals surface area (Å²) in [6, 6.07) is 69.4. The van der Waals surface area contributed by atoms with Gasteiger partial charge in [-0.2, -0.15) is 0 Å². The molecule has 8 aromatic carbocycles. The van der Waals surface area contributed by atoms with Gasteiger partial charge in [-0.3, -0.25) is 0 Å². The van der Waals surface area contributed by atoms with E-state index in [0.29, 0.717) is 5.92 Å². The maximum Gasteiger partial charge on any atom is 0.0959 e. The molecule has 1 unspecified atom stereocenters. The first-order valence-corrected chi connectivity index (χ1v) is 29.9. The van der Waals surface area contributed by atoms with E-state index in [-0.39, 0.29) is 0 Å². The number of rotatable bonds is 8. The Morgan fingerprint density at radius 1 is 0.507 bits per heavy atom. The van der Waals surface area contributed by atoms with Gasteiger partial charge in [0.15, 0.2) is 0 Å². The topological polar surface area (TPSA) is 32.3 Å². The highest BCUT2D eigenvalue weighted by atomic mass is 127. The molecule has 0 amide bonds. The number of anilines is 6. The van der Waals surface area contributed by atoms with Crippen LogP contribution in [-0.4, -0.2) is 15.7 Å². The van der Waals surface area contributed by atoms with Crippen LogP contribution in [0, 0.1) is 23.3 Å². The Kier molecular flexibility index (Phi) is 12.0. The van der Waals surface area contributed by atoms with E-state index in [1.165, 1.54) is 94.1 Å². The lowest BCUT2D eigenvalue weighted by Gasteiger charge is -2.34. The molecule has 11 aromatic rings. The van der Waals surface area contributed by atoms with Gasteiger partial charge in [0, 0.05) is 66.2 Å². The molecule has 75 heavy (non-hydrogen) atoms. The molecule has 1 atom stereocenters. The summed E-state index contributed by atoms with van der Waals surface area (Å²) in [6.45, 7) is 6.79. The number of allylic oxidation sites excluding steroid dienone is 1. The van der Waals surface area contributed by atoms with Crippen LogP contribution in [-0.2, 0) is 6.42 Å². The van der Waals surface area contributed by atoms with Crippen molar-refractivity contribution in [2.75, 3.05) is 15.6 Å². The SMILES string of the molecule is Cc1ccc(N2c3ccccc3Sc3ccccc32)c2nc(-c3ccc(Cc4ccc5c(c4)N(c4ccc(C)c6c(-c7cccs7)cc(-c7ccc(I)cc7)nc46)c4ccccc4S5)cc3)cc(C3=CC(C)CS3)c12. The van der Waals surface area contributed by atoms with E-state index >= 15 is 0 Å². The number of thiophene rings is 1. The van der Waals surface area contributed by atoms with Crippen molar-refractivity contribution in [3.05, 3.63) is 231 Å². The molecule has 362 valence electrons. The molecule has 14 rings (SSSR count). The van der Waals surface area contributed by atoms with Crippen molar-refractivity contribution in [1.82, 2.24) is 9.97 Å². The number of benzene rings is 8. The Bertz CT molecular complexity index is 4070. The van der Waals surface area contributed by atoms with Crippen molar-refractivity contribution < 1.29 is 0 Å². The minimum atomic E-state index is 0.509. The quantitative estimate of drug-likeness (QED) is 0.140. The Balaban J connectivity index is 0.862. The summed E-state index contributed by atoms with van der Waals surface area (Å²) < 4.78 is 1.20. The largest absolute Gasteiger partial charge is 0.306 e. The zero-order valence-corrected chi connectivity index (χ0v) is 46.8. The van der Waals surface area contributed by atoms with E-state index in [4.69, 9.17) is 9.97 Å². The molecular weight excluding hydrogens is 1100 g/mol. The highest BCUT2D eigenvalue weighted by Gasteiger charge is 2.30. The maximum absolute atomic E-state index is 5.67. The third-order valence-corrected chi connectivity index (χ3v) is 19.8. The van der Waals surface area contributed by atoms with Crippen molar-refractivity contribution >= 4 is 130 Å². The van der Waals surface area contributed by atoms with Gasteiger partial charge >= 0.3 is 0 Å². The molecular formula is C66H47IN4S4. The molecule has 4 nitrogen and oxygen atoms in total. The van der Waals surface area contributed by atoms with Crippen LogP contribution in [0.15, 0.2) is 219 Å². The highest BCUT2D eigenvalue weighted by Crippen LogP contribution is 2.55. The number of para-hydroxylation sites is 3. The lowest BCUT2D eigenvalue weighted by molar-refractivity contribution is 0.862. The van der Waals surface area contributed by atoms with Gasteiger partial charge in [-0.25, -0.2) is 9.97 Å². The number of hydrogen-bond donors (Lipinski definition) is 0. The number of aryl methyl sites for hydroxylation is 2. The number of nitrogens with zero attached hydrogens (tertiary/aromatic N) is 4. The van der Waals surface area contributed by atoms with Gasteiger partial charge in [0.2, 0.25) is 0 Å². The molecule has 3 aliphatic heterocycles. The number of halogens is 1. The molecule has 0 saturated heterocycles. The predicted octanol–water partition coefficient (Wildman–Crippen LogP) is 20.3. The Morgan fingerprint density at radius 3 is 1.59 bits per heavy atom. The summed E-state index contributed by atoms with van der Waals surface area (Å²) in [6.07, 6.45) is 3.24. The van der Waals surface area contributed by atoms with Gasteiger partial charge in [-0.1, -0.05) is 134 Å². The summed E-state index contributed by atoms with van der Waals surface area (Å²) in [5.74, 6) is 1.59. The van der Waals surface area contributed by atoms with Crippen molar-refractivity contribution in [1.29, 1.82) is 0 Å². The summed E-state index contributed by atoms with van der Waals surface area (Å²) in [4.78, 5) is 23.7. The third kappa shape index (κ3) is 8.39. The second kappa shape index (κ2) is 19.2. The Labute approximate surface area is 468 Å². The highest BCUT2D eigenvalue weighted by molar-refractivity contribution is 14.1. The number of hydrogen-bond acceptors (Lipinski definition) is 8. The number of pyridine rings is 2. The standard InChI is InChI=1S/C66H47IN4S4/c1-39-33-62(73-38-39)48-37-50(69-65-54(29-18-41(3)64(48)65)70-51-11-4-7-14-58(51)74-59-15-8-5-12-52(59)70)44-23-20-42(21-24-44)34-43-22-31-61-56(35-43)71(53-13-6-9-16-60(53)75-61)55-30-19-40(2)63-47(57-17-10-32-72-57)36-49(68-66(55)63)45-25-27-46(67)28-26-45/h4-33,35-37,39H,34,38H2,1-3H3. The monoisotopic (exact) mass is 1150 g/mol. The Morgan fingerprint density at radius 2 is 1.03 bits per heavy atom. The van der Waals surface area contributed by atoms with Crippen LogP contribution >= 0.6 is 69.2 Å². The first kappa shape index (κ1) is 46.9. The summed E-state index contributed by atoms with van der Waals surface area (Å²) >= 11 is 9.81. The minimum absolute atomic E-state index is 0.509. The van der Waals surface area contributed by atoms with E-state index in [9.17, 15) is 0 Å². The second-order valence-electron chi connectivity index (χ2n) is 19.6. The third-order valence-electron chi connectivity index (χ3n) is 14.6. The summed E-state index contributed by atoms with van der Waals surface area (Å²) in [5.41, 5.74) is 20.5. The predicted molar refractivity (Wildman–Crippen MR) is 330 cm³/mol. The van der Waals surface area contributed by atoms with Crippen LogP contribution in [0.2, 0.25) is 0 Å². The first-order valence-electron chi connectivity index (χ1n) is 25.3. The van der Waals surface area contributed by atoms with Crippen molar-refractivity contribution in [3.63, 3.8) is 0 Å². The number of fused-ring (bicyclic) bond motifs is 6. The van der Waals surface area contributed by atoms with E-state index in [0.717, 1.165) is 62.8 Å². The van der Waals surface area contributed by atoms with Gasteiger partial charge < -0.3 is 9.80 Å². The molecule has 0 aliphatic carbocycles. The first-order chi connectivity index (χ1) is 36.8. The maximum atomic E-state index is 5.67. The molecule has 9 heteroatoms. The van der Waals surface area contributed by atoms with Gasteiger partial charge in [-0.15, -0.1) is 23.1 Å². The molecule has 0 saturated carbocycles. The molecule has 6 heterocycles. The number of aromatic nitrogens is 2. The molecule has 3 aliphatic rings. The van der Waals surface area contributed by atoms with E-state index in [1.54, 1.807) is 11.3 Å². The normalized spacial score (nSPS) is 14.7. The lowest BCUT2D eigenvalue weighted by Crippen LogP contribution is -2.16. The van der Waals surface area contributed by atoms with Gasteiger partial charge in [0.05, 0.1) is 56.5 Å². The van der Waals surface area contributed by atoms with Crippen LogP contribution in [0.3, 0.4) is 0 Å². The molecule has 0 N–H and O–H groups in total. The summed E-state index contributed by atoms with van der Waals surface area (Å²) in [7, 11) is 0. The van der Waals surface area contributed by atoms with Crippen LogP contribution in [0.4, 0.5) is 34.1 Å². The molecule has 0 bridgehead atoms. The van der Waals surface area contributed by atoms with Crippen molar-refractivity contribution in [2.45, 2.75) is 46.8 Å². The molecule has 0 radical (unpaired) electrons. The van der Waals surface area contributed by atoms with E-state index < -0.39 is 0 Å². The zero-order valence-electron chi connectivity index (χ0n) is 41.3. The molecule has 0 spiro atoms. The van der Waals surface area contributed by atoms with E-state index in [1.807, 2.05) is 35.3 Å². The zero-order chi connectivity index (χ0) is 50.3. The Hall–Kier alpha value is -6.60. The van der Waals surface area contributed by atoms with Crippen molar-refractivity contribution in [3.8, 4) is 33.0 Å². The average molecular weight is 1150 g/mol. The van der Waals surface area contributed by atoms with Crippen LogP contribution in [0.5, 0.6) is 0 Å². The van der Waals surface area contributed by atoms with E-state index in [2.05, 4.69) is 253 Å². The van der Waals surface area contributed by atoms with Gasteiger partial charge in [0.25, 0.3) is 0 Å². The fourth-order valence-corrected chi connectivity index (χ4v) is 15.4. The van der Waals surface area contributed by atoms with Crippen LogP contribution in [0.25, 0.3) is 59.7 Å². The smallest absolute Gasteiger partial charge is 0.0959 e. The van der Waals surface area contributed by atoms with Gasteiger partial charge in [-0.05, 0) is 173 Å². The van der Waals surface area contributed by atoms with Crippen molar-refractivity contribution in [2.24, 2.45) is 5.92 Å². The molecule has 0 fully saturated rings. The fraction of sp³-hybridized carbons (Fsp3) is 0.0909. The summed E-state index contributed by atoms with van der Waals surface area (Å²) in [5, 5.41) is 4.58. The average Bonchev–Trinajstić information content (AvgIpc) is 4.18. The lowest BCUT2D eigenvalue weighted by atomic mass is 9.96. The van der Waals surface area contributed by atoms with Gasteiger partial charge in [0.1, 0.15) is 0 Å². The number of thioether (sulfide) groups is 1. The van der Waals surface area contributed by atoms with Crippen LogP contribution in [0.1, 0.15) is 34.7 Å². The van der Waals surface area contributed by atoms with Crippen LogP contribution < -0.4 is 9.80 Å². The minimum Gasteiger partial charge on any atom is -0.306 e. The second-order valence-corrected chi connectivity index (χ2v) is 25.0.